The maximum atomic E-state index is 11.9. The SMILES string of the molecule is CCN(CC)C(CNC(=O)NCC(C)C)c1ccc(C)cc1. The second kappa shape index (κ2) is 9.46. The molecule has 1 rings (SSSR count). The van der Waals surface area contributed by atoms with Crippen LogP contribution in [0.1, 0.15) is 44.9 Å². The number of hydrogen-bond acceptors (Lipinski definition) is 2. The summed E-state index contributed by atoms with van der Waals surface area (Å²) in [7, 11) is 0. The Morgan fingerprint density at radius 2 is 1.59 bits per heavy atom. The molecule has 1 unspecified atom stereocenters. The zero-order chi connectivity index (χ0) is 16.5. The lowest BCUT2D eigenvalue weighted by molar-refractivity contribution is 0.205. The highest BCUT2D eigenvalue weighted by Gasteiger charge is 2.18. The standard InChI is InChI=1S/C18H31N3O/c1-6-21(7-2)17(16-10-8-15(5)9-11-16)13-20-18(22)19-12-14(3)4/h8-11,14,17H,6-7,12-13H2,1-5H3,(H2,19,20,22). The smallest absolute Gasteiger partial charge is 0.314 e. The number of urea groups is 1. The van der Waals surface area contributed by atoms with E-state index in [-0.39, 0.29) is 12.1 Å². The molecule has 0 saturated carbocycles. The Balaban J connectivity index is 2.70. The average molecular weight is 305 g/mol. The number of aryl methyl sites for hydroxylation is 1. The number of carbonyl (C=O) groups excluding carboxylic acids is 1. The zero-order valence-electron chi connectivity index (χ0n) is 14.6. The molecule has 0 saturated heterocycles. The molecule has 0 heterocycles. The first-order valence-electron chi connectivity index (χ1n) is 8.30. The Morgan fingerprint density at radius 1 is 1.05 bits per heavy atom. The number of carbonyl (C=O) groups is 1. The van der Waals surface area contributed by atoms with Crippen molar-refractivity contribution in [1.82, 2.24) is 15.5 Å². The van der Waals surface area contributed by atoms with Crippen molar-refractivity contribution in [3.63, 3.8) is 0 Å². The number of nitrogens with zero attached hydrogens (tertiary/aromatic N) is 1. The first kappa shape index (κ1) is 18.5. The summed E-state index contributed by atoms with van der Waals surface area (Å²) in [6, 6.07) is 8.70. The topological polar surface area (TPSA) is 44.4 Å². The van der Waals surface area contributed by atoms with E-state index in [1.165, 1.54) is 11.1 Å². The van der Waals surface area contributed by atoms with Gasteiger partial charge in [-0.2, -0.15) is 0 Å². The Kier molecular flexibility index (Phi) is 7.96. The fourth-order valence-corrected chi connectivity index (χ4v) is 2.46. The van der Waals surface area contributed by atoms with E-state index >= 15 is 0 Å². The van der Waals surface area contributed by atoms with Crippen molar-refractivity contribution in [1.29, 1.82) is 0 Å². The highest BCUT2D eigenvalue weighted by atomic mass is 16.2. The zero-order valence-corrected chi connectivity index (χ0v) is 14.6. The Labute approximate surface area is 135 Å². The van der Waals surface area contributed by atoms with Gasteiger partial charge in [0.2, 0.25) is 0 Å². The van der Waals surface area contributed by atoms with E-state index < -0.39 is 0 Å². The molecular formula is C18H31N3O. The van der Waals surface area contributed by atoms with Crippen molar-refractivity contribution in [3.8, 4) is 0 Å². The van der Waals surface area contributed by atoms with Gasteiger partial charge in [-0.3, -0.25) is 4.90 Å². The summed E-state index contributed by atoms with van der Waals surface area (Å²) in [5.74, 6) is 0.460. The second-order valence-electron chi connectivity index (χ2n) is 6.13. The van der Waals surface area contributed by atoms with Gasteiger partial charge < -0.3 is 10.6 Å². The molecule has 124 valence electrons. The van der Waals surface area contributed by atoms with Crippen LogP contribution in [0.3, 0.4) is 0 Å². The molecule has 0 aliphatic rings. The van der Waals surface area contributed by atoms with Gasteiger partial charge in [-0.15, -0.1) is 0 Å². The number of likely N-dealkylation sites (N-methyl/N-ethyl adjacent to an activating group) is 1. The molecule has 0 fully saturated rings. The molecule has 0 bridgehead atoms. The third kappa shape index (κ3) is 6.06. The predicted octanol–water partition coefficient (Wildman–Crippen LogP) is 3.33. The highest BCUT2D eigenvalue weighted by molar-refractivity contribution is 5.73. The van der Waals surface area contributed by atoms with E-state index in [0.717, 1.165) is 13.1 Å². The van der Waals surface area contributed by atoms with Gasteiger partial charge >= 0.3 is 6.03 Å². The van der Waals surface area contributed by atoms with E-state index in [9.17, 15) is 4.79 Å². The molecule has 4 heteroatoms. The normalized spacial score (nSPS) is 12.5. The molecule has 0 aromatic heterocycles. The quantitative estimate of drug-likeness (QED) is 0.774. The molecule has 0 aliphatic carbocycles. The number of amides is 2. The fourth-order valence-electron chi connectivity index (χ4n) is 2.46. The predicted molar refractivity (Wildman–Crippen MR) is 93.1 cm³/mol. The van der Waals surface area contributed by atoms with Crippen LogP contribution in [0.15, 0.2) is 24.3 Å². The molecule has 1 atom stereocenters. The van der Waals surface area contributed by atoms with E-state index in [0.29, 0.717) is 19.0 Å². The van der Waals surface area contributed by atoms with Crippen LogP contribution in [0.2, 0.25) is 0 Å². The molecule has 2 amide bonds. The minimum absolute atomic E-state index is 0.0852. The number of nitrogens with one attached hydrogen (secondary N) is 2. The number of hydrogen-bond donors (Lipinski definition) is 2. The fraction of sp³-hybridized carbons (Fsp3) is 0.611. The molecule has 1 aromatic carbocycles. The minimum atomic E-state index is -0.0852. The van der Waals surface area contributed by atoms with Gasteiger partial charge in [-0.25, -0.2) is 4.79 Å². The second-order valence-corrected chi connectivity index (χ2v) is 6.13. The summed E-state index contributed by atoms with van der Waals surface area (Å²) in [6.45, 7) is 13.8. The third-order valence-corrected chi connectivity index (χ3v) is 3.84. The monoisotopic (exact) mass is 305 g/mol. The molecule has 2 N–H and O–H groups in total. The van der Waals surface area contributed by atoms with Gasteiger partial charge in [0.25, 0.3) is 0 Å². The first-order valence-corrected chi connectivity index (χ1v) is 8.30. The van der Waals surface area contributed by atoms with E-state index in [2.05, 4.69) is 74.4 Å². The lowest BCUT2D eigenvalue weighted by atomic mass is 10.0. The van der Waals surface area contributed by atoms with Crippen molar-refractivity contribution >= 4 is 6.03 Å². The van der Waals surface area contributed by atoms with E-state index in [1.807, 2.05) is 0 Å². The number of rotatable bonds is 8. The van der Waals surface area contributed by atoms with Crippen LogP contribution in [-0.4, -0.2) is 37.1 Å². The van der Waals surface area contributed by atoms with E-state index in [1.54, 1.807) is 0 Å². The highest BCUT2D eigenvalue weighted by Crippen LogP contribution is 2.20. The van der Waals surface area contributed by atoms with Crippen molar-refractivity contribution in [2.45, 2.75) is 40.7 Å². The van der Waals surface area contributed by atoms with Gasteiger partial charge in [0, 0.05) is 13.1 Å². The molecule has 4 nitrogen and oxygen atoms in total. The van der Waals surface area contributed by atoms with Crippen LogP contribution < -0.4 is 10.6 Å². The van der Waals surface area contributed by atoms with Crippen molar-refractivity contribution in [2.24, 2.45) is 5.92 Å². The van der Waals surface area contributed by atoms with Crippen LogP contribution in [0.4, 0.5) is 4.79 Å². The maximum absolute atomic E-state index is 11.9. The Hall–Kier alpha value is -1.55. The van der Waals surface area contributed by atoms with Gasteiger partial charge in [-0.1, -0.05) is 57.5 Å². The maximum Gasteiger partial charge on any atom is 0.314 e. The largest absolute Gasteiger partial charge is 0.338 e. The number of benzene rings is 1. The summed E-state index contributed by atoms with van der Waals surface area (Å²) < 4.78 is 0. The summed E-state index contributed by atoms with van der Waals surface area (Å²) >= 11 is 0. The molecule has 1 aromatic rings. The van der Waals surface area contributed by atoms with Crippen LogP contribution in [0, 0.1) is 12.8 Å². The lowest BCUT2D eigenvalue weighted by Crippen LogP contribution is -2.43. The third-order valence-electron chi connectivity index (χ3n) is 3.84. The first-order chi connectivity index (χ1) is 10.5. The van der Waals surface area contributed by atoms with Crippen molar-refractivity contribution < 1.29 is 4.79 Å². The molecule has 0 radical (unpaired) electrons. The molecule has 0 aliphatic heterocycles. The van der Waals surface area contributed by atoms with Gasteiger partial charge in [0.1, 0.15) is 0 Å². The summed E-state index contributed by atoms with van der Waals surface area (Å²) in [4.78, 5) is 14.3. The van der Waals surface area contributed by atoms with Gasteiger partial charge in [0.15, 0.2) is 0 Å². The van der Waals surface area contributed by atoms with Gasteiger partial charge in [-0.05, 0) is 31.5 Å². The van der Waals surface area contributed by atoms with Crippen LogP contribution >= 0.6 is 0 Å². The van der Waals surface area contributed by atoms with Crippen molar-refractivity contribution in [3.05, 3.63) is 35.4 Å². The molecule has 0 spiro atoms. The van der Waals surface area contributed by atoms with Crippen molar-refractivity contribution in [2.75, 3.05) is 26.2 Å². The summed E-state index contributed by atoms with van der Waals surface area (Å²) in [6.07, 6.45) is 0. The lowest BCUT2D eigenvalue weighted by Gasteiger charge is -2.30. The van der Waals surface area contributed by atoms with Gasteiger partial charge in [0.05, 0.1) is 6.04 Å². The van der Waals surface area contributed by atoms with E-state index in [4.69, 9.17) is 0 Å². The summed E-state index contributed by atoms with van der Waals surface area (Å²) in [5, 5.41) is 5.91. The van der Waals surface area contributed by atoms with Crippen LogP contribution in [-0.2, 0) is 0 Å². The minimum Gasteiger partial charge on any atom is -0.338 e. The van der Waals surface area contributed by atoms with Crippen LogP contribution in [0.25, 0.3) is 0 Å². The molecular weight excluding hydrogens is 274 g/mol. The van der Waals surface area contributed by atoms with Crippen LogP contribution in [0.5, 0.6) is 0 Å². The Morgan fingerprint density at radius 3 is 2.09 bits per heavy atom. The summed E-state index contributed by atoms with van der Waals surface area (Å²) in [5.41, 5.74) is 2.50. The Bertz CT molecular complexity index is 438. The molecule has 22 heavy (non-hydrogen) atoms. The average Bonchev–Trinajstić information content (AvgIpc) is 2.50.